The number of carbonyl (C=O) groups is 4. The van der Waals surface area contributed by atoms with E-state index in [1.165, 1.54) is 4.90 Å². The van der Waals surface area contributed by atoms with Crippen molar-refractivity contribution < 1.29 is 23.9 Å². The Morgan fingerprint density at radius 2 is 1.60 bits per heavy atom. The maximum Gasteiger partial charge on any atom is 0.316 e. The Morgan fingerprint density at radius 1 is 0.886 bits per heavy atom. The van der Waals surface area contributed by atoms with Crippen molar-refractivity contribution in [2.24, 2.45) is 29.6 Å². The average Bonchev–Trinajstić information content (AvgIpc) is 3.59. The lowest BCUT2D eigenvalue weighted by molar-refractivity contribution is -0.139. The summed E-state index contributed by atoms with van der Waals surface area (Å²) in [6, 6.07) is 12.3. The number of benzene rings is 2. The second-order valence-electron chi connectivity index (χ2n) is 10.1. The second kappa shape index (κ2) is 7.90. The first kappa shape index (κ1) is 21.8. The lowest BCUT2D eigenvalue weighted by Crippen LogP contribution is -2.32. The third-order valence-corrected chi connectivity index (χ3v) is 8.03. The van der Waals surface area contributed by atoms with Crippen LogP contribution in [0.4, 0.5) is 11.4 Å². The lowest BCUT2D eigenvalue weighted by atomic mass is 9.85. The molecular weight excluding hydrogens is 444 g/mol. The average molecular weight is 471 g/mol. The molecule has 0 spiro atoms. The molecule has 0 aromatic heterocycles. The van der Waals surface area contributed by atoms with Crippen molar-refractivity contribution in [3.05, 3.63) is 65.7 Å². The fourth-order valence-electron chi connectivity index (χ4n) is 6.05. The summed E-state index contributed by atoms with van der Waals surface area (Å²) in [4.78, 5) is 54.6. The molecule has 0 unspecified atom stereocenters. The Hall–Kier alpha value is -3.74. The number of rotatable bonds is 4. The van der Waals surface area contributed by atoms with Gasteiger partial charge in [0.25, 0.3) is 0 Å². The largest absolute Gasteiger partial charge is 0.426 e. The maximum absolute atomic E-state index is 13.1. The number of carbonyl (C=O) groups excluding carboxylic acids is 4. The molecule has 2 aliphatic carbocycles. The molecule has 2 saturated heterocycles. The van der Waals surface area contributed by atoms with E-state index in [-0.39, 0.29) is 60.1 Å². The van der Waals surface area contributed by atoms with Gasteiger partial charge in [-0.05, 0) is 67.5 Å². The number of fused-ring (bicyclic) bond motifs is 5. The van der Waals surface area contributed by atoms with Crippen LogP contribution >= 0.6 is 0 Å². The van der Waals surface area contributed by atoms with Gasteiger partial charge < -0.3 is 9.64 Å². The first-order chi connectivity index (χ1) is 16.8. The topological polar surface area (TPSA) is 84.0 Å². The highest BCUT2D eigenvalue weighted by Crippen LogP contribution is 2.53. The summed E-state index contributed by atoms with van der Waals surface area (Å²) in [5, 5.41) is 0. The Labute approximate surface area is 203 Å². The summed E-state index contributed by atoms with van der Waals surface area (Å²) >= 11 is 0. The number of aryl methyl sites for hydroxylation is 2. The number of hydrogen-bond donors (Lipinski definition) is 0. The van der Waals surface area contributed by atoms with E-state index in [4.69, 9.17) is 4.74 Å². The highest BCUT2D eigenvalue weighted by atomic mass is 16.5. The maximum atomic E-state index is 13.1. The number of nitrogens with zero attached hydrogens (tertiary/aromatic N) is 2. The van der Waals surface area contributed by atoms with E-state index in [2.05, 4.69) is 12.2 Å². The van der Waals surface area contributed by atoms with E-state index in [9.17, 15) is 19.2 Å². The summed E-state index contributed by atoms with van der Waals surface area (Å²) in [6.45, 7) is 4.25. The molecule has 2 bridgehead atoms. The molecule has 178 valence electrons. The molecule has 7 nitrogen and oxygen atoms in total. The minimum absolute atomic E-state index is 0.0771. The molecular formula is C28H26N2O5. The monoisotopic (exact) mass is 470 g/mol. The van der Waals surface area contributed by atoms with Crippen molar-refractivity contribution in [3.63, 3.8) is 0 Å². The Balaban J connectivity index is 1.17. The van der Waals surface area contributed by atoms with Crippen LogP contribution in [0.25, 0.3) is 0 Å². The molecule has 2 aromatic carbocycles. The van der Waals surface area contributed by atoms with Gasteiger partial charge in [0, 0.05) is 24.7 Å². The Kier molecular flexibility index (Phi) is 4.91. The number of ether oxygens (including phenoxy) is 1. The van der Waals surface area contributed by atoms with Gasteiger partial charge in [-0.1, -0.05) is 24.3 Å². The molecule has 7 heteroatoms. The van der Waals surface area contributed by atoms with E-state index < -0.39 is 11.9 Å². The Morgan fingerprint density at radius 3 is 2.29 bits per heavy atom. The molecule has 3 fully saturated rings. The van der Waals surface area contributed by atoms with Crippen LogP contribution in [0.5, 0.6) is 5.75 Å². The zero-order chi connectivity index (χ0) is 24.4. The number of imide groups is 1. The fraction of sp³-hybridized carbons (Fsp3) is 0.357. The van der Waals surface area contributed by atoms with Gasteiger partial charge in [-0.3, -0.25) is 19.2 Å². The van der Waals surface area contributed by atoms with Crippen LogP contribution in [-0.2, 0) is 19.2 Å². The zero-order valence-electron chi connectivity index (χ0n) is 19.6. The SMILES string of the molecule is Cc1ccc(N2C[C@H](C(=O)Oc3cccc(N4C(=O)[C@@H]5[C@@H](C4=O)[C@H]4C=C[C@H]5C4)c3)CC2=O)cc1C. The summed E-state index contributed by atoms with van der Waals surface area (Å²) < 4.78 is 5.61. The van der Waals surface area contributed by atoms with Crippen LogP contribution in [0.15, 0.2) is 54.6 Å². The van der Waals surface area contributed by atoms with Gasteiger partial charge in [0.1, 0.15) is 5.75 Å². The summed E-state index contributed by atoms with van der Waals surface area (Å²) in [5.74, 6) is -1.62. The van der Waals surface area contributed by atoms with Crippen LogP contribution in [-0.4, -0.2) is 30.2 Å². The number of anilines is 2. The molecule has 2 aliphatic heterocycles. The summed E-state index contributed by atoms with van der Waals surface area (Å²) in [5.41, 5.74) is 3.41. The minimum atomic E-state index is -0.594. The predicted molar refractivity (Wildman–Crippen MR) is 129 cm³/mol. The number of amides is 3. The smallest absolute Gasteiger partial charge is 0.316 e. The number of esters is 1. The normalized spacial score (nSPS) is 28.9. The Bertz CT molecular complexity index is 1280. The predicted octanol–water partition coefficient (Wildman–Crippen LogP) is 3.57. The summed E-state index contributed by atoms with van der Waals surface area (Å²) in [6.07, 6.45) is 5.07. The van der Waals surface area contributed by atoms with Crippen LogP contribution in [0, 0.1) is 43.4 Å². The van der Waals surface area contributed by atoms with E-state index in [1.54, 1.807) is 29.2 Å². The van der Waals surface area contributed by atoms with Crippen LogP contribution < -0.4 is 14.5 Å². The van der Waals surface area contributed by atoms with Gasteiger partial charge >= 0.3 is 5.97 Å². The van der Waals surface area contributed by atoms with Gasteiger partial charge in [0.2, 0.25) is 17.7 Å². The molecule has 3 amide bonds. The summed E-state index contributed by atoms with van der Waals surface area (Å²) in [7, 11) is 0. The molecule has 5 atom stereocenters. The minimum Gasteiger partial charge on any atom is -0.426 e. The van der Waals surface area contributed by atoms with Gasteiger partial charge in [0.15, 0.2) is 0 Å². The van der Waals surface area contributed by atoms with E-state index >= 15 is 0 Å². The van der Waals surface area contributed by atoms with Crippen LogP contribution in [0.3, 0.4) is 0 Å². The van der Waals surface area contributed by atoms with Crippen LogP contribution in [0.2, 0.25) is 0 Å². The first-order valence-electron chi connectivity index (χ1n) is 12.1. The van der Waals surface area contributed by atoms with Gasteiger partial charge in [-0.15, -0.1) is 0 Å². The van der Waals surface area contributed by atoms with Crippen molar-refractivity contribution in [2.45, 2.75) is 26.7 Å². The van der Waals surface area contributed by atoms with Crippen molar-refractivity contribution in [1.82, 2.24) is 0 Å². The molecule has 35 heavy (non-hydrogen) atoms. The molecule has 2 heterocycles. The molecule has 0 N–H and O–H groups in total. The second-order valence-corrected chi connectivity index (χ2v) is 10.1. The molecule has 0 radical (unpaired) electrons. The van der Waals surface area contributed by atoms with Crippen molar-refractivity contribution >= 4 is 35.1 Å². The highest BCUT2D eigenvalue weighted by molar-refractivity contribution is 6.22. The van der Waals surface area contributed by atoms with Crippen LogP contribution in [0.1, 0.15) is 24.0 Å². The number of hydrogen-bond acceptors (Lipinski definition) is 5. The molecule has 6 rings (SSSR count). The molecule has 1 saturated carbocycles. The van der Waals surface area contributed by atoms with Crippen molar-refractivity contribution in [3.8, 4) is 5.75 Å². The van der Waals surface area contributed by atoms with E-state index in [0.29, 0.717) is 5.69 Å². The van der Waals surface area contributed by atoms with Gasteiger partial charge in [-0.2, -0.15) is 0 Å². The first-order valence-corrected chi connectivity index (χ1v) is 12.1. The third kappa shape index (κ3) is 3.40. The quantitative estimate of drug-likeness (QED) is 0.295. The van der Waals surface area contributed by atoms with Crippen molar-refractivity contribution in [1.29, 1.82) is 0 Å². The van der Waals surface area contributed by atoms with Gasteiger partial charge in [-0.25, -0.2) is 4.90 Å². The zero-order valence-corrected chi connectivity index (χ0v) is 19.6. The number of allylic oxidation sites excluding steroid dienone is 2. The highest BCUT2D eigenvalue weighted by Gasteiger charge is 2.59. The molecule has 4 aliphatic rings. The van der Waals surface area contributed by atoms with E-state index in [0.717, 1.165) is 23.2 Å². The third-order valence-electron chi connectivity index (χ3n) is 8.03. The van der Waals surface area contributed by atoms with E-state index in [1.807, 2.05) is 32.0 Å². The van der Waals surface area contributed by atoms with Gasteiger partial charge in [0.05, 0.1) is 23.4 Å². The molecule has 2 aromatic rings. The van der Waals surface area contributed by atoms with Crippen molar-refractivity contribution in [2.75, 3.05) is 16.3 Å². The lowest BCUT2D eigenvalue weighted by Gasteiger charge is -2.19. The fourth-order valence-corrected chi connectivity index (χ4v) is 6.05. The standard InChI is InChI=1S/C28H26N2O5/c1-15-6-9-20(10-16(15)2)29-14-19(12-23(29)31)28(34)35-22-5-3-4-21(13-22)30-26(32)24-17-7-8-18(11-17)25(24)27(30)33/h3-10,13,17-19,24-25H,11-12,14H2,1-2H3/t17-,18-,19+,24-,25-/m0/s1.